The molecular weight excluding hydrogens is 378 g/mol. The molecule has 1 unspecified atom stereocenters. The Bertz CT molecular complexity index is 490. The van der Waals surface area contributed by atoms with Crippen LogP contribution in [-0.2, 0) is 9.59 Å². The van der Waals surface area contributed by atoms with Crippen LogP contribution in [0, 0.1) is 0 Å². The van der Waals surface area contributed by atoms with E-state index in [1.54, 1.807) is 6.07 Å². The van der Waals surface area contributed by atoms with Crippen LogP contribution in [0.25, 0.3) is 0 Å². The quantitative estimate of drug-likeness (QED) is 0.486. The summed E-state index contributed by atoms with van der Waals surface area (Å²) >= 11 is 3.32. The van der Waals surface area contributed by atoms with Crippen LogP contribution < -0.4 is 21.1 Å². The summed E-state index contributed by atoms with van der Waals surface area (Å²) < 4.78 is 6.20. The maximum absolute atomic E-state index is 11.4. The van der Waals surface area contributed by atoms with Crippen LogP contribution in [-0.4, -0.2) is 49.3 Å². The number of rotatable bonds is 8. The predicted octanol–water partition coefficient (Wildman–Crippen LogP) is -0.198. The first-order chi connectivity index (χ1) is 10.0. The van der Waals surface area contributed by atoms with E-state index in [1.165, 1.54) is 0 Å². The second-order valence-electron chi connectivity index (χ2n) is 4.18. The third-order valence-corrected chi connectivity index (χ3v) is 3.09. The number of para-hydroxylation sites is 1. The lowest BCUT2D eigenvalue weighted by molar-refractivity contribution is -0.125. The van der Waals surface area contributed by atoms with Gasteiger partial charge in [-0.05, 0) is 28.1 Å². The van der Waals surface area contributed by atoms with Crippen molar-refractivity contribution in [2.75, 3.05) is 26.2 Å². The molecule has 5 N–H and O–H groups in total. The highest BCUT2D eigenvalue weighted by Gasteiger charge is 2.09. The Kier molecular flexibility index (Phi) is 10.6. The van der Waals surface area contributed by atoms with Crippen molar-refractivity contribution in [3.63, 3.8) is 0 Å². The SMILES string of the molecule is Cl.NCC(=O)NCC(=O)NCC(O)COc1ccccc1Br. The summed E-state index contributed by atoms with van der Waals surface area (Å²) in [6.07, 6.45) is -0.855. The summed E-state index contributed by atoms with van der Waals surface area (Å²) in [5.74, 6) is -0.210. The lowest BCUT2D eigenvalue weighted by atomic mass is 10.3. The number of amides is 2. The highest BCUT2D eigenvalue weighted by atomic mass is 79.9. The molecule has 0 aliphatic rings. The van der Waals surface area contributed by atoms with Crippen molar-refractivity contribution in [3.05, 3.63) is 28.7 Å². The maximum Gasteiger partial charge on any atom is 0.239 e. The fraction of sp³-hybridized carbons (Fsp3) is 0.385. The molecular formula is C13H19BrClN3O4. The molecule has 0 saturated carbocycles. The lowest BCUT2D eigenvalue weighted by Gasteiger charge is -2.14. The number of nitrogens with two attached hydrogens (primary N) is 1. The van der Waals surface area contributed by atoms with Crippen molar-refractivity contribution in [1.29, 1.82) is 0 Å². The van der Waals surface area contributed by atoms with E-state index in [-0.39, 0.29) is 38.6 Å². The number of hydrogen-bond donors (Lipinski definition) is 4. The summed E-state index contributed by atoms with van der Waals surface area (Å²) in [7, 11) is 0. The van der Waals surface area contributed by atoms with Gasteiger partial charge in [-0.3, -0.25) is 9.59 Å². The van der Waals surface area contributed by atoms with Crippen molar-refractivity contribution < 1.29 is 19.4 Å². The number of ether oxygens (including phenoxy) is 1. The van der Waals surface area contributed by atoms with E-state index in [0.29, 0.717) is 5.75 Å². The molecule has 22 heavy (non-hydrogen) atoms. The number of halogens is 2. The van der Waals surface area contributed by atoms with Crippen LogP contribution in [0.3, 0.4) is 0 Å². The molecule has 9 heteroatoms. The molecule has 1 atom stereocenters. The van der Waals surface area contributed by atoms with Gasteiger partial charge in [0, 0.05) is 6.54 Å². The fourth-order valence-corrected chi connectivity index (χ4v) is 1.75. The van der Waals surface area contributed by atoms with E-state index >= 15 is 0 Å². The molecule has 0 aromatic heterocycles. The Labute approximate surface area is 143 Å². The van der Waals surface area contributed by atoms with E-state index in [4.69, 9.17) is 10.5 Å². The van der Waals surface area contributed by atoms with E-state index in [0.717, 1.165) is 4.47 Å². The van der Waals surface area contributed by atoms with E-state index in [9.17, 15) is 14.7 Å². The minimum Gasteiger partial charge on any atom is -0.490 e. The fourth-order valence-electron chi connectivity index (χ4n) is 1.35. The first-order valence-corrected chi connectivity index (χ1v) is 7.11. The number of aliphatic hydroxyl groups excluding tert-OH is 1. The smallest absolute Gasteiger partial charge is 0.239 e. The van der Waals surface area contributed by atoms with Gasteiger partial charge in [0.05, 0.1) is 17.6 Å². The predicted molar refractivity (Wildman–Crippen MR) is 88.0 cm³/mol. The molecule has 1 aromatic rings. The third kappa shape index (κ3) is 8.18. The summed E-state index contributed by atoms with van der Waals surface area (Å²) in [5, 5.41) is 14.5. The minimum atomic E-state index is -0.855. The van der Waals surface area contributed by atoms with Crippen LogP contribution in [0.4, 0.5) is 0 Å². The molecule has 0 aliphatic carbocycles. The molecule has 124 valence electrons. The van der Waals surface area contributed by atoms with Gasteiger partial charge in [0.2, 0.25) is 11.8 Å². The van der Waals surface area contributed by atoms with Gasteiger partial charge in [-0.1, -0.05) is 12.1 Å². The molecule has 0 aliphatic heterocycles. The number of aliphatic hydroxyl groups is 1. The normalized spacial score (nSPS) is 11.0. The number of nitrogens with one attached hydrogen (secondary N) is 2. The molecule has 1 rings (SSSR count). The monoisotopic (exact) mass is 395 g/mol. The average molecular weight is 397 g/mol. The summed E-state index contributed by atoms with van der Waals surface area (Å²) in [5.41, 5.74) is 5.08. The molecule has 0 radical (unpaired) electrons. The third-order valence-electron chi connectivity index (χ3n) is 2.43. The van der Waals surface area contributed by atoms with E-state index in [1.807, 2.05) is 18.2 Å². The minimum absolute atomic E-state index is 0. The van der Waals surface area contributed by atoms with Crippen LogP contribution in [0.1, 0.15) is 0 Å². The van der Waals surface area contributed by atoms with Gasteiger partial charge < -0.3 is 26.2 Å². The molecule has 7 nitrogen and oxygen atoms in total. The zero-order valence-corrected chi connectivity index (χ0v) is 14.2. The lowest BCUT2D eigenvalue weighted by Crippen LogP contribution is -2.42. The highest BCUT2D eigenvalue weighted by molar-refractivity contribution is 9.10. The Balaban J connectivity index is 0.00000441. The molecule has 1 aromatic carbocycles. The standard InChI is InChI=1S/C13H18BrN3O4.ClH/c14-10-3-1-2-4-11(10)21-8-9(18)6-16-13(20)7-17-12(19)5-15;/h1-4,9,18H,5-8,15H2,(H,16,20)(H,17,19);1H. The molecule has 0 saturated heterocycles. The maximum atomic E-state index is 11.4. The van der Waals surface area contributed by atoms with Crippen molar-refractivity contribution in [2.45, 2.75) is 6.10 Å². The molecule has 0 heterocycles. The van der Waals surface area contributed by atoms with Gasteiger partial charge in [0.1, 0.15) is 18.5 Å². The van der Waals surface area contributed by atoms with Crippen molar-refractivity contribution in [3.8, 4) is 5.75 Å². The highest BCUT2D eigenvalue weighted by Crippen LogP contribution is 2.23. The van der Waals surface area contributed by atoms with Crippen LogP contribution in [0.5, 0.6) is 5.75 Å². The Morgan fingerprint density at radius 1 is 1.27 bits per heavy atom. The average Bonchev–Trinajstić information content (AvgIpc) is 2.49. The van der Waals surface area contributed by atoms with Crippen molar-refractivity contribution in [1.82, 2.24) is 10.6 Å². The van der Waals surface area contributed by atoms with Gasteiger partial charge in [-0.25, -0.2) is 0 Å². The van der Waals surface area contributed by atoms with Crippen LogP contribution in [0.2, 0.25) is 0 Å². The van der Waals surface area contributed by atoms with Crippen LogP contribution in [0.15, 0.2) is 28.7 Å². The first-order valence-electron chi connectivity index (χ1n) is 6.31. The number of carbonyl (C=O) groups excluding carboxylic acids is 2. The van der Waals surface area contributed by atoms with Crippen LogP contribution >= 0.6 is 28.3 Å². The Hall–Kier alpha value is -1.35. The van der Waals surface area contributed by atoms with Gasteiger partial charge in [-0.2, -0.15) is 0 Å². The summed E-state index contributed by atoms with van der Waals surface area (Å²) in [6.45, 7) is -0.274. The Morgan fingerprint density at radius 3 is 2.59 bits per heavy atom. The van der Waals surface area contributed by atoms with E-state index < -0.39 is 17.9 Å². The van der Waals surface area contributed by atoms with Crippen molar-refractivity contribution in [2.24, 2.45) is 5.73 Å². The van der Waals surface area contributed by atoms with Crippen molar-refractivity contribution >= 4 is 40.2 Å². The summed E-state index contributed by atoms with van der Waals surface area (Å²) in [4.78, 5) is 22.2. The Morgan fingerprint density at radius 2 is 1.95 bits per heavy atom. The van der Waals surface area contributed by atoms with Gasteiger partial charge in [-0.15, -0.1) is 12.4 Å². The number of hydrogen-bond acceptors (Lipinski definition) is 5. The topological polar surface area (TPSA) is 114 Å². The molecule has 0 spiro atoms. The first kappa shape index (κ1) is 20.6. The van der Waals surface area contributed by atoms with Gasteiger partial charge in [0.25, 0.3) is 0 Å². The second-order valence-corrected chi connectivity index (χ2v) is 5.03. The summed E-state index contributed by atoms with van der Waals surface area (Å²) in [6, 6.07) is 7.25. The van der Waals surface area contributed by atoms with Gasteiger partial charge >= 0.3 is 0 Å². The number of carbonyl (C=O) groups is 2. The van der Waals surface area contributed by atoms with Gasteiger partial charge in [0.15, 0.2) is 0 Å². The zero-order valence-electron chi connectivity index (χ0n) is 11.8. The molecule has 2 amide bonds. The van der Waals surface area contributed by atoms with E-state index in [2.05, 4.69) is 26.6 Å². The molecule has 0 bridgehead atoms. The zero-order chi connectivity index (χ0) is 15.7. The largest absolute Gasteiger partial charge is 0.490 e. The second kappa shape index (κ2) is 11.2. The number of benzene rings is 1. The molecule has 0 fully saturated rings.